The SMILES string of the molecule is CC1(CNC(=O)CSC2CCNCC2)CC1. The molecule has 92 valence electrons. The van der Waals surface area contributed by atoms with Gasteiger partial charge in [0.1, 0.15) is 0 Å². The minimum atomic E-state index is 0.219. The van der Waals surface area contributed by atoms with Gasteiger partial charge >= 0.3 is 0 Å². The molecule has 2 N–H and O–H groups in total. The lowest BCUT2D eigenvalue weighted by molar-refractivity contribution is -0.118. The first-order chi connectivity index (χ1) is 7.68. The van der Waals surface area contributed by atoms with Crippen molar-refractivity contribution in [3.8, 4) is 0 Å². The van der Waals surface area contributed by atoms with E-state index < -0.39 is 0 Å². The number of piperidine rings is 1. The molecule has 0 unspecified atom stereocenters. The van der Waals surface area contributed by atoms with E-state index in [2.05, 4.69) is 17.6 Å². The van der Waals surface area contributed by atoms with Gasteiger partial charge < -0.3 is 10.6 Å². The fourth-order valence-corrected chi connectivity index (χ4v) is 2.97. The van der Waals surface area contributed by atoms with Gasteiger partial charge in [-0.1, -0.05) is 6.92 Å². The van der Waals surface area contributed by atoms with Crippen LogP contribution in [-0.4, -0.2) is 36.5 Å². The maximum Gasteiger partial charge on any atom is 0.230 e. The number of carbonyl (C=O) groups excluding carboxylic acids is 1. The summed E-state index contributed by atoms with van der Waals surface area (Å²) < 4.78 is 0. The lowest BCUT2D eigenvalue weighted by Crippen LogP contribution is -2.33. The number of carbonyl (C=O) groups is 1. The molecule has 1 aliphatic carbocycles. The summed E-state index contributed by atoms with van der Waals surface area (Å²) >= 11 is 1.82. The van der Waals surface area contributed by atoms with Crippen molar-refractivity contribution in [2.24, 2.45) is 5.41 Å². The Morgan fingerprint density at radius 2 is 2.12 bits per heavy atom. The van der Waals surface area contributed by atoms with Crippen LogP contribution < -0.4 is 10.6 Å². The third-order valence-corrected chi connectivity index (χ3v) is 4.92. The summed E-state index contributed by atoms with van der Waals surface area (Å²) in [6.45, 7) is 5.33. The Labute approximate surface area is 102 Å². The van der Waals surface area contributed by atoms with Crippen LogP contribution in [0.4, 0.5) is 0 Å². The predicted molar refractivity (Wildman–Crippen MR) is 68.7 cm³/mol. The van der Waals surface area contributed by atoms with E-state index in [0.29, 0.717) is 16.4 Å². The molecular weight excluding hydrogens is 220 g/mol. The first-order valence-corrected chi connectivity index (χ1v) is 7.32. The number of thioether (sulfide) groups is 1. The molecule has 4 heteroatoms. The summed E-state index contributed by atoms with van der Waals surface area (Å²) in [4.78, 5) is 11.6. The van der Waals surface area contributed by atoms with Crippen LogP contribution in [0, 0.1) is 5.41 Å². The molecule has 2 fully saturated rings. The Bertz CT molecular complexity index is 247. The molecule has 1 heterocycles. The van der Waals surface area contributed by atoms with Gasteiger partial charge in [-0.15, -0.1) is 11.8 Å². The Hall–Kier alpha value is -0.220. The Morgan fingerprint density at radius 3 is 2.75 bits per heavy atom. The molecule has 0 atom stereocenters. The van der Waals surface area contributed by atoms with Crippen LogP contribution in [0.5, 0.6) is 0 Å². The van der Waals surface area contributed by atoms with Gasteiger partial charge in [0.15, 0.2) is 0 Å². The monoisotopic (exact) mass is 242 g/mol. The summed E-state index contributed by atoms with van der Waals surface area (Å²) in [5.41, 5.74) is 0.426. The van der Waals surface area contributed by atoms with Crippen molar-refractivity contribution >= 4 is 17.7 Å². The molecule has 1 saturated heterocycles. The Kier molecular flexibility index (Phi) is 4.14. The lowest BCUT2D eigenvalue weighted by Gasteiger charge is -2.21. The first kappa shape index (κ1) is 12.2. The van der Waals surface area contributed by atoms with Crippen molar-refractivity contribution < 1.29 is 4.79 Å². The molecular formula is C12H22N2OS. The molecule has 0 aromatic heterocycles. The van der Waals surface area contributed by atoms with Crippen molar-refractivity contribution in [3.05, 3.63) is 0 Å². The molecule has 2 rings (SSSR count). The number of hydrogen-bond acceptors (Lipinski definition) is 3. The van der Waals surface area contributed by atoms with Crippen LogP contribution >= 0.6 is 11.8 Å². The number of hydrogen-bond donors (Lipinski definition) is 2. The van der Waals surface area contributed by atoms with Crippen LogP contribution in [0.3, 0.4) is 0 Å². The highest BCUT2D eigenvalue weighted by molar-refractivity contribution is 8.00. The van der Waals surface area contributed by atoms with Crippen LogP contribution in [0.15, 0.2) is 0 Å². The molecule has 2 aliphatic rings. The fourth-order valence-electron chi connectivity index (χ4n) is 1.91. The highest BCUT2D eigenvalue weighted by Gasteiger charge is 2.37. The lowest BCUT2D eigenvalue weighted by atomic mass is 10.1. The number of nitrogens with one attached hydrogen (secondary N) is 2. The van der Waals surface area contributed by atoms with E-state index in [1.165, 1.54) is 25.7 Å². The minimum absolute atomic E-state index is 0.219. The molecule has 16 heavy (non-hydrogen) atoms. The van der Waals surface area contributed by atoms with Gasteiger partial charge in [0.05, 0.1) is 5.75 Å². The van der Waals surface area contributed by atoms with E-state index in [1.54, 1.807) is 0 Å². The smallest absolute Gasteiger partial charge is 0.230 e. The zero-order valence-electron chi connectivity index (χ0n) is 10.1. The van der Waals surface area contributed by atoms with Crippen molar-refractivity contribution in [1.29, 1.82) is 0 Å². The van der Waals surface area contributed by atoms with Crippen molar-refractivity contribution in [1.82, 2.24) is 10.6 Å². The fraction of sp³-hybridized carbons (Fsp3) is 0.917. The maximum absolute atomic E-state index is 11.6. The standard InChI is InChI=1S/C12H22N2OS/c1-12(4-5-12)9-14-11(15)8-16-10-2-6-13-7-3-10/h10,13H,2-9H2,1H3,(H,14,15). The zero-order valence-corrected chi connectivity index (χ0v) is 10.9. The summed E-state index contributed by atoms with van der Waals surface area (Å²) in [6.07, 6.45) is 4.95. The molecule has 1 aliphatic heterocycles. The van der Waals surface area contributed by atoms with Crippen LogP contribution in [0.1, 0.15) is 32.6 Å². The molecule has 0 bridgehead atoms. The average molecular weight is 242 g/mol. The van der Waals surface area contributed by atoms with E-state index in [1.807, 2.05) is 11.8 Å². The molecule has 0 spiro atoms. The average Bonchev–Trinajstić information content (AvgIpc) is 3.04. The van der Waals surface area contributed by atoms with Crippen molar-refractivity contribution in [2.75, 3.05) is 25.4 Å². The van der Waals surface area contributed by atoms with Crippen LogP contribution in [0.25, 0.3) is 0 Å². The van der Waals surface area contributed by atoms with Gasteiger partial charge in [0.2, 0.25) is 5.91 Å². The van der Waals surface area contributed by atoms with Gasteiger partial charge in [-0.25, -0.2) is 0 Å². The molecule has 3 nitrogen and oxygen atoms in total. The molecule has 0 aromatic carbocycles. The highest BCUT2D eigenvalue weighted by atomic mass is 32.2. The van der Waals surface area contributed by atoms with E-state index in [-0.39, 0.29) is 5.91 Å². The van der Waals surface area contributed by atoms with Gasteiger partial charge in [-0.2, -0.15) is 0 Å². The second-order valence-corrected chi connectivity index (χ2v) is 6.64. The molecule has 0 aromatic rings. The number of amides is 1. The third kappa shape index (κ3) is 3.98. The van der Waals surface area contributed by atoms with Crippen LogP contribution in [0.2, 0.25) is 0 Å². The summed E-state index contributed by atoms with van der Waals surface area (Å²) in [7, 11) is 0. The van der Waals surface area contributed by atoms with Gasteiger partial charge in [0.25, 0.3) is 0 Å². The highest BCUT2D eigenvalue weighted by Crippen LogP contribution is 2.44. The van der Waals surface area contributed by atoms with Crippen molar-refractivity contribution in [2.45, 2.75) is 37.9 Å². The van der Waals surface area contributed by atoms with E-state index >= 15 is 0 Å². The van der Waals surface area contributed by atoms with Gasteiger partial charge in [-0.05, 0) is 44.2 Å². The van der Waals surface area contributed by atoms with Gasteiger partial charge in [0, 0.05) is 11.8 Å². The maximum atomic E-state index is 11.6. The second-order valence-electron chi connectivity index (χ2n) is 5.35. The largest absolute Gasteiger partial charge is 0.355 e. The Balaban J connectivity index is 1.56. The summed E-state index contributed by atoms with van der Waals surface area (Å²) in [6, 6.07) is 0. The van der Waals surface area contributed by atoms with Crippen LogP contribution in [-0.2, 0) is 4.79 Å². The van der Waals surface area contributed by atoms with E-state index in [9.17, 15) is 4.79 Å². The molecule has 1 saturated carbocycles. The first-order valence-electron chi connectivity index (χ1n) is 6.27. The quantitative estimate of drug-likeness (QED) is 0.765. The number of rotatable bonds is 5. The molecule has 1 amide bonds. The second kappa shape index (κ2) is 5.41. The zero-order chi connectivity index (χ0) is 11.4. The predicted octanol–water partition coefficient (Wildman–Crippen LogP) is 1.39. The normalized spacial score (nSPS) is 24.1. The molecule has 0 radical (unpaired) electrons. The minimum Gasteiger partial charge on any atom is -0.355 e. The summed E-state index contributed by atoms with van der Waals surface area (Å²) in [5.74, 6) is 0.859. The summed E-state index contributed by atoms with van der Waals surface area (Å²) in [5, 5.41) is 7.07. The van der Waals surface area contributed by atoms with Crippen molar-refractivity contribution in [3.63, 3.8) is 0 Å². The van der Waals surface area contributed by atoms with E-state index in [0.717, 1.165) is 19.6 Å². The topological polar surface area (TPSA) is 41.1 Å². The van der Waals surface area contributed by atoms with E-state index in [4.69, 9.17) is 0 Å². The van der Waals surface area contributed by atoms with Gasteiger partial charge in [-0.3, -0.25) is 4.79 Å². The Morgan fingerprint density at radius 1 is 1.44 bits per heavy atom. The third-order valence-electron chi connectivity index (χ3n) is 3.55.